The Kier molecular flexibility index (Phi) is 8.40. The van der Waals surface area contributed by atoms with Gasteiger partial charge < -0.3 is 10.4 Å². The van der Waals surface area contributed by atoms with Gasteiger partial charge in [-0.2, -0.15) is 0 Å². The molecular weight excluding hydrogens is 328 g/mol. The van der Waals surface area contributed by atoms with Crippen molar-refractivity contribution in [2.75, 3.05) is 6.54 Å². The van der Waals surface area contributed by atoms with Crippen LogP contribution >= 0.6 is 12.4 Å². The van der Waals surface area contributed by atoms with Gasteiger partial charge in [0.25, 0.3) is 5.69 Å². The van der Waals surface area contributed by atoms with Crippen molar-refractivity contribution in [3.63, 3.8) is 0 Å². The maximum atomic E-state index is 10.6. The summed E-state index contributed by atoms with van der Waals surface area (Å²) in [6, 6.07) is 16.5. The lowest BCUT2D eigenvalue weighted by molar-refractivity contribution is -0.384. The fourth-order valence-electron chi connectivity index (χ4n) is 2.38. The van der Waals surface area contributed by atoms with Gasteiger partial charge in [-0.1, -0.05) is 42.5 Å². The fraction of sp³-hybridized carbons (Fsp3) is 0.333. The summed E-state index contributed by atoms with van der Waals surface area (Å²) in [5.74, 6) is 0. The van der Waals surface area contributed by atoms with Crippen LogP contribution in [0, 0.1) is 10.1 Å². The van der Waals surface area contributed by atoms with E-state index in [2.05, 4.69) is 12.2 Å². The summed E-state index contributed by atoms with van der Waals surface area (Å²) in [6.07, 6.45) is 1.23. The molecule has 0 aliphatic rings. The first-order valence-electron chi connectivity index (χ1n) is 7.76. The van der Waals surface area contributed by atoms with Crippen LogP contribution in [0.15, 0.2) is 54.6 Å². The number of rotatable bonds is 8. The van der Waals surface area contributed by atoms with Crippen LogP contribution in [-0.4, -0.2) is 22.6 Å². The van der Waals surface area contributed by atoms with Gasteiger partial charge in [-0.25, -0.2) is 0 Å². The van der Waals surface area contributed by atoms with E-state index < -0.39 is 6.10 Å². The number of nitro groups is 1. The Balaban J connectivity index is 0.00000288. The smallest absolute Gasteiger partial charge is 0.269 e. The van der Waals surface area contributed by atoms with E-state index in [1.807, 2.05) is 30.3 Å². The van der Waals surface area contributed by atoms with Crippen molar-refractivity contribution in [2.45, 2.75) is 31.9 Å². The number of aryl methyl sites for hydroxylation is 1. The Labute approximate surface area is 148 Å². The van der Waals surface area contributed by atoms with Crippen LogP contribution in [0.4, 0.5) is 5.69 Å². The zero-order valence-electron chi connectivity index (χ0n) is 13.6. The highest BCUT2D eigenvalue weighted by Gasteiger charge is 2.09. The minimum absolute atomic E-state index is 0. The molecule has 130 valence electrons. The van der Waals surface area contributed by atoms with Gasteiger partial charge in [0.1, 0.15) is 0 Å². The summed E-state index contributed by atoms with van der Waals surface area (Å²) in [5, 5.41) is 24.0. The molecule has 0 aromatic heterocycles. The Morgan fingerprint density at radius 3 is 2.33 bits per heavy atom. The number of non-ortho nitro benzene ring substituents is 1. The van der Waals surface area contributed by atoms with Gasteiger partial charge in [0.2, 0.25) is 0 Å². The summed E-state index contributed by atoms with van der Waals surface area (Å²) < 4.78 is 0. The summed E-state index contributed by atoms with van der Waals surface area (Å²) in [4.78, 5) is 10.2. The number of hydrogen-bond acceptors (Lipinski definition) is 4. The molecule has 6 heteroatoms. The van der Waals surface area contributed by atoms with Gasteiger partial charge >= 0.3 is 0 Å². The molecule has 0 fully saturated rings. The predicted octanol–water partition coefficient (Wildman–Crippen LogP) is 3.66. The minimum atomic E-state index is -0.516. The number of nitrogens with one attached hydrogen (secondary N) is 1. The van der Waals surface area contributed by atoms with E-state index in [1.165, 1.54) is 12.1 Å². The van der Waals surface area contributed by atoms with E-state index in [1.54, 1.807) is 12.1 Å². The lowest BCUT2D eigenvalue weighted by Gasteiger charge is -2.17. The molecule has 5 nitrogen and oxygen atoms in total. The largest absolute Gasteiger partial charge is 0.387 e. The molecule has 0 saturated carbocycles. The molecule has 0 unspecified atom stereocenters. The predicted molar refractivity (Wildman–Crippen MR) is 97.5 cm³/mol. The zero-order valence-corrected chi connectivity index (χ0v) is 14.4. The average Bonchev–Trinajstić information content (AvgIpc) is 2.59. The van der Waals surface area contributed by atoms with Crippen molar-refractivity contribution < 1.29 is 10.0 Å². The van der Waals surface area contributed by atoms with Gasteiger partial charge in [0.05, 0.1) is 11.0 Å². The molecule has 0 aliphatic carbocycles. The highest BCUT2D eigenvalue weighted by molar-refractivity contribution is 5.85. The third-order valence-corrected chi connectivity index (χ3v) is 3.86. The molecule has 0 spiro atoms. The summed E-state index contributed by atoms with van der Waals surface area (Å²) in [6.45, 7) is 2.58. The molecule has 24 heavy (non-hydrogen) atoms. The maximum Gasteiger partial charge on any atom is 0.269 e. The van der Waals surface area contributed by atoms with Crippen LogP contribution in [-0.2, 0) is 6.42 Å². The second kappa shape index (κ2) is 10.0. The molecular formula is C18H23ClN2O3. The van der Waals surface area contributed by atoms with Crippen molar-refractivity contribution in [1.29, 1.82) is 0 Å². The lowest BCUT2D eigenvalue weighted by Crippen LogP contribution is -2.30. The normalized spacial score (nSPS) is 12.9. The third-order valence-electron chi connectivity index (χ3n) is 3.86. The second-order valence-corrected chi connectivity index (χ2v) is 5.70. The lowest BCUT2D eigenvalue weighted by atomic mass is 10.0. The average molecular weight is 351 g/mol. The number of nitro benzene ring substituents is 1. The molecule has 2 N–H and O–H groups in total. The van der Waals surface area contributed by atoms with E-state index in [-0.39, 0.29) is 29.1 Å². The molecule has 0 heterocycles. The van der Waals surface area contributed by atoms with Gasteiger partial charge in [0.15, 0.2) is 0 Å². The molecule has 0 amide bonds. The Bertz CT molecular complexity index is 620. The van der Waals surface area contributed by atoms with Crippen LogP contribution in [0.5, 0.6) is 0 Å². The van der Waals surface area contributed by atoms with Crippen LogP contribution in [0.3, 0.4) is 0 Å². The van der Waals surface area contributed by atoms with Crippen molar-refractivity contribution in [1.82, 2.24) is 5.32 Å². The van der Waals surface area contributed by atoms with Crippen molar-refractivity contribution >= 4 is 18.1 Å². The van der Waals surface area contributed by atoms with E-state index in [0.29, 0.717) is 6.54 Å². The topological polar surface area (TPSA) is 75.4 Å². The number of aliphatic hydroxyl groups is 1. The van der Waals surface area contributed by atoms with Crippen LogP contribution in [0.25, 0.3) is 0 Å². The molecule has 0 bridgehead atoms. The molecule has 2 aromatic carbocycles. The van der Waals surface area contributed by atoms with Crippen LogP contribution in [0.1, 0.15) is 30.6 Å². The molecule has 0 radical (unpaired) electrons. The fourth-order valence-corrected chi connectivity index (χ4v) is 2.38. The second-order valence-electron chi connectivity index (χ2n) is 5.70. The SMILES string of the molecule is C[C@H](CCc1ccc([N+](=O)[O-])cc1)NC[C@@H](O)c1ccccc1.Cl. The first-order valence-corrected chi connectivity index (χ1v) is 7.76. The number of aliphatic hydroxyl groups excluding tert-OH is 1. The van der Waals surface area contributed by atoms with Gasteiger partial charge in [0, 0.05) is 24.7 Å². The van der Waals surface area contributed by atoms with E-state index in [4.69, 9.17) is 0 Å². The van der Waals surface area contributed by atoms with E-state index in [0.717, 1.165) is 24.0 Å². The first kappa shape index (κ1) is 20.1. The number of halogens is 1. The van der Waals surface area contributed by atoms with Crippen LogP contribution < -0.4 is 5.32 Å². The monoisotopic (exact) mass is 350 g/mol. The molecule has 2 atom stereocenters. The van der Waals surface area contributed by atoms with E-state index in [9.17, 15) is 15.2 Å². The summed E-state index contributed by atoms with van der Waals surface area (Å²) in [7, 11) is 0. The number of hydrogen-bond donors (Lipinski definition) is 2. The van der Waals surface area contributed by atoms with Gasteiger partial charge in [-0.15, -0.1) is 12.4 Å². The quantitative estimate of drug-likeness (QED) is 0.562. The van der Waals surface area contributed by atoms with Crippen molar-refractivity contribution in [3.05, 3.63) is 75.8 Å². The van der Waals surface area contributed by atoms with Crippen molar-refractivity contribution in [3.8, 4) is 0 Å². The first-order chi connectivity index (χ1) is 11.1. The molecule has 0 aliphatic heterocycles. The number of benzene rings is 2. The van der Waals surface area contributed by atoms with Crippen molar-refractivity contribution in [2.24, 2.45) is 0 Å². The van der Waals surface area contributed by atoms with Crippen LogP contribution in [0.2, 0.25) is 0 Å². The van der Waals surface area contributed by atoms with Gasteiger partial charge in [-0.05, 0) is 30.9 Å². The van der Waals surface area contributed by atoms with Gasteiger partial charge in [-0.3, -0.25) is 10.1 Å². The molecule has 2 aromatic rings. The third kappa shape index (κ3) is 6.28. The summed E-state index contributed by atoms with van der Waals surface area (Å²) >= 11 is 0. The molecule has 2 rings (SSSR count). The minimum Gasteiger partial charge on any atom is -0.387 e. The Morgan fingerprint density at radius 2 is 1.75 bits per heavy atom. The molecule has 0 saturated heterocycles. The van der Waals surface area contributed by atoms with E-state index >= 15 is 0 Å². The highest BCUT2D eigenvalue weighted by atomic mass is 35.5. The Morgan fingerprint density at radius 1 is 1.12 bits per heavy atom. The Hall–Kier alpha value is -1.95. The summed E-state index contributed by atoms with van der Waals surface area (Å²) in [5.41, 5.74) is 2.10. The highest BCUT2D eigenvalue weighted by Crippen LogP contribution is 2.14. The standard InChI is InChI=1S/C18H22N2O3.ClH/c1-14(19-13-18(21)16-5-3-2-4-6-16)7-8-15-9-11-17(12-10-15)20(22)23;/h2-6,9-12,14,18-19,21H,7-8,13H2,1H3;1H/t14-,18-;/m1./s1. The number of nitrogens with zero attached hydrogens (tertiary/aromatic N) is 1. The zero-order chi connectivity index (χ0) is 16.7. The maximum absolute atomic E-state index is 10.6.